The van der Waals surface area contributed by atoms with Crippen molar-refractivity contribution in [2.75, 3.05) is 11.1 Å². The number of rotatable bonds is 2. The van der Waals surface area contributed by atoms with Gasteiger partial charge in [0, 0.05) is 5.56 Å². The molecule has 0 radical (unpaired) electrons. The zero-order valence-electron chi connectivity index (χ0n) is 10.4. The highest BCUT2D eigenvalue weighted by Crippen LogP contribution is 2.29. The Morgan fingerprint density at radius 3 is 2.45 bits per heavy atom. The highest BCUT2D eigenvalue weighted by molar-refractivity contribution is 9.10. The molecule has 1 aromatic heterocycles. The van der Waals surface area contributed by atoms with Crippen molar-refractivity contribution in [1.29, 1.82) is 0 Å². The molecule has 0 aliphatic carbocycles. The molecule has 0 aliphatic heterocycles. The maximum absolute atomic E-state index is 12.2. The molecule has 0 bridgehead atoms. The van der Waals surface area contributed by atoms with E-state index in [4.69, 9.17) is 28.9 Å². The van der Waals surface area contributed by atoms with Crippen LogP contribution in [0.1, 0.15) is 16.1 Å². The fraction of sp³-hybridized carbons (Fsp3) is 0.0769. The molecule has 0 unspecified atom stereocenters. The minimum absolute atomic E-state index is 0.244. The fourth-order valence-electron chi connectivity index (χ4n) is 1.57. The van der Waals surface area contributed by atoms with Gasteiger partial charge in [0.05, 0.1) is 27.1 Å². The van der Waals surface area contributed by atoms with Crippen LogP contribution in [0.3, 0.4) is 0 Å². The molecule has 0 atom stereocenters. The normalized spacial score (nSPS) is 10.4. The monoisotopic (exact) mass is 373 g/mol. The van der Waals surface area contributed by atoms with E-state index in [1.807, 2.05) is 0 Å². The Balaban J connectivity index is 2.28. The summed E-state index contributed by atoms with van der Waals surface area (Å²) in [4.78, 5) is 16.4. The van der Waals surface area contributed by atoms with Gasteiger partial charge in [0.25, 0.3) is 5.91 Å². The van der Waals surface area contributed by atoms with Crippen molar-refractivity contribution in [3.05, 3.63) is 50.2 Å². The van der Waals surface area contributed by atoms with E-state index in [1.54, 1.807) is 19.1 Å². The molecule has 104 valence electrons. The lowest BCUT2D eigenvalue weighted by atomic mass is 10.2. The minimum atomic E-state index is -0.332. The molecule has 2 rings (SSSR count). The highest BCUT2D eigenvalue weighted by Gasteiger charge is 2.12. The second-order valence-corrected chi connectivity index (χ2v) is 5.70. The molecule has 1 aromatic carbocycles. The zero-order valence-corrected chi connectivity index (χ0v) is 13.5. The summed E-state index contributed by atoms with van der Waals surface area (Å²) in [6.45, 7) is 1.79. The molecular formula is C13H10BrCl2N3O. The average molecular weight is 375 g/mol. The second-order valence-electron chi connectivity index (χ2n) is 4.07. The Bertz CT molecular complexity index is 668. The number of nitrogens with zero attached hydrogens (tertiary/aromatic N) is 1. The Morgan fingerprint density at radius 1 is 1.30 bits per heavy atom. The topological polar surface area (TPSA) is 68.0 Å². The summed E-state index contributed by atoms with van der Waals surface area (Å²) in [5.74, 6) is -0.332. The summed E-state index contributed by atoms with van der Waals surface area (Å²) < 4.78 is 0.701. The lowest BCUT2D eigenvalue weighted by molar-refractivity contribution is 0.102. The number of pyridine rings is 1. The van der Waals surface area contributed by atoms with Gasteiger partial charge < -0.3 is 11.1 Å². The van der Waals surface area contributed by atoms with Crippen LogP contribution < -0.4 is 11.1 Å². The molecular weight excluding hydrogens is 365 g/mol. The van der Waals surface area contributed by atoms with E-state index >= 15 is 0 Å². The number of hydrogen-bond acceptors (Lipinski definition) is 3. The van der Waals surface area contributed by atoms with Crippen molar-refractivity contribution < 1.29 is 4.79 Å². The Morgan fingerprint density at radius 2 is 1.90 bits per heavy atom. The summed E-state index contributed by atoms with van der Waals surface area (Å²) in [6, 6.07) is 6.44. The molecule has 20 heavy (non-hydrogen) atoms. The van der Waals surface area contributed by atoms with Gasteiger partial charge in [0.1, 0.15) is 4.60 Å². The molecule has 3 N–H and O–H groups in total. The number of nitrogen functional groups attached to an aromatic ring is 1. The van der Waals surface area contributed by atoms with E-state index in [2.05, 4.69) is 26.2 Å². The first kappa shape index (κ1) is 15.1. The summed E-state index contributed by atoms with van der Waals surface area (Å²) in [6.07, 6.45) is 0. The number of benzene rings is 1. The number of halogens is 3. The summed E-state index contributed by atoms with van der Waals surface area (Å²) in [5, 5.41) is 3.23. The van der Waals surface area contributed by atoms with Gasteiger partial charge in [-0.2, -0.15) is 0 Å². The van der Waals surface area contributed by atoms with E-state index in [0.29, 0.717) is 21.5 Å². The third kappa shape index (κ3) is 3.23. The van der Waals surface area contributed by atoms with Gasteiger partial charge >= 0.3 is 0 Å². The maximum atomic E-state index is 12.2. The first-order valence-electron chi connectivity index (χ1n) is 5.57. The first-order chi connectivity index (χ1) is 9.38. The number of carbonyl (C=O) groups is 1. The van der Waals surface area contributed by atoms with Crippen LogP contribution in [0.15, 0.2) is 28.9 Å². The van der Waals surface area contributed by atoms with Crippen LogP contribution in [0.5, 0.6) is 0 Å². The Labute approximate surface area is 134 Å². The Kier molecular flexibility index (Phi) is 4.52. The number of nitrogens with one attached hydrogen (secondary N) is 1. The number of aryl methyl sites for hydroxylation is 1. The standard InChI is InChI=1S/C13H10BrCl2N3O/c1-6-10(2-3-11(14)18-6)19-13(20)7-4-8(15)12(17)9(16)5-7/h2-5H,17H2,1H3,(H,19,20). The van der Waals surface area contributed by atoms with E-state index in [-0.39, 0.29) is 21.6 Å². The average Bonchev–Trinajstić information content (AvgIpc) is 2.38. The predicted octanol–water partition coefficient (Wildman–Crippen LogP) is 4.29. The van der Waals surface area contributed by atoms with Gasteiger partial charge in [0.15, 0.2) is 0 Å². The zero-order chi connectivity index (χ0) is 14.9. The summed E-state index contributed by atoms with van der Waals surface area (Å²) in [5.41, 5.74) is 7.53. The van der Waals surface area contributed by atoms with Gasteiger partial charge in [0.2, 0.25) is 0 Å². The lowest BCUT2D eigenvalue weighted by Crippen LogP contribution is -2.13. The van der Waals surface area contributed by atoms with Gasteiger partial charge in [-0.05, 0) is 47.1 Å². The van der Waals surface area contributed by atoms with E-state index in [0.717, 1.165) is 0 Å². The van der Waals surface area contributed by atoms with Crippen molar-refractivity contribution >= 4 is 56.4 Å². The second kappa shape index (κ2) is 5.99. The number of anilines is 2. The Hall–Kier alpha value is -1.30. The third-order valence-corrected chi connectivity index (χ3v) is 3.71. The number of nitrogens with two attached hydrogens (primary N) is 1. The molecule has 0 fully saturated rings. The number of carbonyl (C=O) groups excluding carboxylic acids is 1. The highest BCUT2D eigenvalue weighted by atomic mass is 79.9. The molecule has 1 amide bonds. The van der Waals surface area contributed by atoms with Gasteiger partial charge in [-0.15, -0.1) is 0 Å². The molecule has 0 saturated carbocycles. The van der Waals surface area contributed by atoms with Gasteiger partial charge in [-0.3, -0.25) is 4.79 Å². The molecule has 0 saturated heterocycles. The molecule has 2 aromatic rings. The van der Waals surface area contributed by atoms with E-state index in [1.165, 1.54) is 12.1 Å². The smallest absolute Gasteiger partial charge is 0.255 e. The van der Waals surface area contributed by atoms with Crippen LogP contribution in [-0.4, -0.2) is 10.9 Å². The van der Waals surface area contributed by atoms with Crippen LogP contribution in [0, 0.1) is 6.92 Å². The van der Waals surface area contributed by atoms with Crippen LogP contribution in [0.25, 0.3) is 0 Å². The van der Waals surface area contributed by atoms with Crippen molar-refractivity contribution in [3.8, 4) is 0 Å². The maximum Gasteiger partial charge on any atom is 0.255 e. The van der Waals surface area contributed by atoms with Crippen LogP contribution >= 0.6 is 39.1 Å². The van der Waals surface area contributed by atoms with Crippen molar-refractivity contribution in [3.63, 3.8) is 0 Å². The summed E-state index contributed by atoms with van der Waals surface area (Å²) >= 11 is 15.1. The van der Waals surface area contributed by atoms with E-state index in [9.17, 15) is 4.79 Å². The predicted molar refractivity (Wildman–Crippen MR) is 85.5 cm³/mol. The van der Waals surface area contributed by atoms with E-state index < -0.39 is 0 Å². The van der Waals surface area contributed by atoms with Crippen LogP contribution in [0.4, 0.5) is 11.4 Å². The number of amides is 1. The molecule has 0 spiro atoms. The number of hydrogen-bond donors (Lipinski definition) is 2. The summed E-state index contributed by atoms with van der Waals surface area (Å²) in [7, 11) is 0. The fourth-order valence-corrected chi connectivity index (χ4v) is 2.46. The van der Waals surface area contributed by atoms with Gasteiger partial charge in [-0.1, -0.05) is 23.2 Å². The quantitative estimate of drug-likeness (QED) is 0.608. The molecule has 1 heterocycles. The van der Waals surface area contributed by atoms with Gasteiger partial charge in [-0.25, -0.2) is 4.98 Å². The van der Waals surface area contributed by atoms with Crippen molar-refractivity contribution in [2.24, 2.45) is 0 Å². The van der Waals surface area contributed by atoms with Crippen molar-refractivity contribution in [2.45, 2.75) is 6.92 Å². The van der Waals surface area contributed by atoms with Crippen LogP contribution in [-0.2, 0) is 0 Å². The molecule has 7 heteroatoms. The van der Waals surface area contributed by atoms with Crippen molar-refractivity contribution in [1.82, 2.24) is 4.98 Å². The SMILES string of the molecule is Cc1nc(Br)ccc1NC(=O)c1cc(Cl)c(N)c(Cl)c1. The molecule has 4 nitrogen and oxygen atoms in total. The number of aromatic nitrogens is 1. The van der Waals surface area contributed by atoms with Crippen LogP contribution in [0.2, 0.25) is 10.0 Å². The third-order valence-electron chi connectivity index (χ3n) is 2.64. The first-order valence-corrected chi connectivity index (χ1v) is 7.12. The molecule has 0 aliphatic rings. The lowest BCUT2D eigenvalue weighted by Gasteiger charge is -2.09. The largest absolute Gasteiger partial charge is 0.396 e. The minimum Gasteiger partial charge on any atom is -0.396 e.